The molecule has 0 aromatic carbocycles. The fourth-order valence-corrected chi connectivity index (χ4v) is 3.43. The second-order valence-corrected chi connectivity index (χ2v) is 8.71. The molecule has 31 heavy (non-hydrogen) atoms. The Labute approximate surface area is 179 Å². The third-order valence-electron chi connectivity index (χ3n) is 5.34. The van der Waals surface area contributed by atoms with Crippen molar-refractivity contribution in [2.75, 3.05) is 13.1 Å². The average molecular weight is 423 g/mol. The van der Waals surface area contributed by atoms with E-state index in [-0.39, 0.29) is 23.1 Å². The molecule has 0 bridgehead atoms. The van der Waals surface area contributed by atoms with Gasteiger partial charge in [0, 0.05) is 42.4 Å². The summed E-state index contributed by atoms with van der Waals surface area (Å²) in [6.07, 6.45) is 5.98. The largest absolute Gasteiger partial charge is 0.369 e. The number of pyridine rings is 1. The predicted molar refractivity (Wildman–Crippen MR) is 111 cm³/mol. The minimum atomic E-state index is -0.307. The van der Waals surface area contributed by atoms with E-state index in [0.29, 0.717) is 49.2 Å². The Morgan fingerprint density at radius 2 is 1.94 bits per heavy atom. The van der Waals surface area contributed by atoms with Crippen molar-refractivity contribution in [1.82, 2.24) is 29.6 Å². The molecule has 4 heterocycles. The van der Waals surface area contributed by atoms with Gasteiger partial charge in [0.2, 0.25) is 5.91 Å². The average Bonchev–Trinajstić information content (AvgIpc) is 3.43. The molecular formula is C21H25N7O3. The van der Waals surface area contributed by atoms with E-state index in [1.54, 1.807) is 40.3 Å². The number of nitrogens with two attached hydrogens (primary N) is 1. The van der Waals surface area contributed by atoms with E-state index in [9.17, 15) is 9.59 Å². The van der Waals surface area contributed by atoms with Gasteiger partial charge in [-0.1, -0.05) is 25.9 Å². The number of aromatic nitrogens is 5. The zero-order valence-corrected chi connectivity index (χ0v) is 17.8. The van der Waals surface area contributed by atoms with Crippen LogP contribution in [-0.2, 0) is 10.2 Å². The summed E-state index contributed by atoms with van der Waals surface area (Å²) in [6, 6.07) is 3.59. The lowest BCUT2D eigenvalue weighted by Gasteiger charge is -2.29. The first-order valence-electron chi connectivity index (χ1n) is 10.2. The molecule has 3 aromatic rings. The predicted octanol–water partition coefficient (Wildman–Crippen LogP) is 1.95. The third-order valence-corrected chi connectivity index (χ3v) is 5.34. The third kappa shape index (κ3) is 4.32. The maximum atomic E-state index is 12.8. The van der Waals surface area contributed by atoms with Crippen LogP contribution < -0.4 is 5.73 Å². The van der Waals surface area contributed by atoms with E-state index in [0.717, 1.165) is 5.56 Å². The monoisotopic (exact) mass is 423 g/mol. The molecule has 0 atom stereocenters. The summed E-state index contributed by atoms with van der Waals surface area (Å²) in [5.74, 6) is 0.950. The summed E-state index contributed by atoms with van der Waals surface area (Å²) in [6.45, 7) is 7.01. The molecule has 1 saturated heterocycles. The standard InChI is InChI=1S/C21H25N7O3/c1-21(2,3)20-25-18(31-26-20)14-4-7-23-16(10-14)28-11-15(24-12-28)19(30)27-8-5-13(6-9-27)17(22)29/h4,7,10-13H,5-6,8-9H2,1-3H3,(H2,22,29). The number of hydrogen-bond donors (Lipinski definition) is 1. The first-order valence-corrected chi connectivity index (χ1v) is 10.2. The fraction of sp³-hybridized carbons (Fsp3) is 0.429. The number of carbonyl (C=O) groups excluding carboxylic acids is 2. The zero-order chi connectivity index (χ0) is 22.2. The number of hydrogen-bond acceptors (Lipinski definition) is 7. The maximum Gasteiger partial charge on any atom is 0.274 e. The Hall–Kier alpha value is -3.56. The van der Waals surface area contributed by atoms with Crippen LogP contribution in [0.2, 0.25) is 0 Å². The van der Waals surface area contributed by atoms with E-state index in [1.807, 2.05) is 20.8 Å². The van der Waals surface area contributed by atoms with Gasteiger partial charge in [-0.3, -0.25) is 14.2 Å². The van der Waals surface area contributed by atoms with E-state index in [1.165, 1.54) is 0 Å². The van der Waals surface area contributed by atoms with Gasteiger partial charge >= 0.3 is 0 Å². The van der Waals surface area contributed by atoms with Crippen LogP contribution in [0.4, 0.5) is 0 Å². The van der Waals surface area contributed by atoms with Crippen LogP contribution in [-0.4, -0.2) is 54.5 Å². The Morgan fingerprint density at radius 1 is 1.19 bits per heavy atom. The normalized spacial score (nSPS) is 15.3. The van der Waals surface area contributed by atoms with Crippen LogP contribution in [0.25, 0.3) is 17.3 Å². The van der Waals surface area contributed by atoms with Gasteiger partial charge in [-0.25, -0.2) is 9.97 Å². The summed E-state index contributed by atoms with van der Waals surface area (Å²) >= 11 is 0. The van der Waals surface area contributed by atoms with Crippen molar-refractivity contribution in [3.05, 3.63) is 42.4 Å². The number of nitrogens with zero attached hydrogens (tertiary/aromatic N) is 6. The molecule has 10 nitrogen and oxygen atoms in total. The van der Waals surface area contributed by atoms with Crippen molar-refractivity contribution < 1.29 is 14.1 Å². The fourth-order valence-electron chi connectivity index (χ4n) is 3.43. The number of likely N-dealkylation sites (tertiary alicyclic amines) is 1. The highest BCUT2D eigenvalue weighted by Gasteiger charge is 2.27. The second-order valence-electron chi connectivity index (χ2n) is 8.71. The van der Waals surface area contributed by atoms with Crippen molar-refractivity contribution in [1.29, 1.82) is 0 Å². The van der Waals surface area contributed by atoms with Crippen LogP contribution >= 0.6 is 0 Å². The molecule has 0 spiro atoms. The number of imidazole rings is 1. The smallest absolute Gasteiger partial charge is 0.274 e. The first-order chi connectivity index (χ1) is 14.7. The maximum absolute atomic E-state index is 12.8. The molecule has 0 radical (unpaired) electrons. The highest BCUT2D eigenvalue weighted by atomic mass is 16.5. The van der Waals surface area contributed by atoms with Crippen LogP contribution in [0.15, 0.2) is 35.4 Å². The van der Waals surface area contributed by atoms with Gasteiger partial charge in [0.05, 0.1) is 0 Å². The number of amides is 2. The van der Waals surface area contributed by atoms with Gasteiger partial charge in [0.1, 0.15) is 17.8 Å². The summed E-state index contributed by atoms with van der Waals surface area (Å²) in [5.41, 5.74) is 6.19. The van der Waals surface area contributed by atoms with Gasteiger partial charge in [0.25, 0.3) is 11.8 Å². The van der Waals surface area contributed by atoms with Gasteiger partial charge in [-0.15, -0.1) is 0 Å². The number of piperidine rings is 1. The van der Waals surface area contributed by atoms with Gasteiger partial charge in [-0.2, -0.15) is 4.98 Å². The van der Waals surface area contributed by atoms with Crippen molar-refractivity contribution in [3.63, 3.8) is 0 Å². The summed E-state index contributed by atoms with van der Waals surface area (Å²) < 4.78 is 7.08. The molecule has 0 saturated carbocycles. The minimum Gasteiger partial charge on any atom is -0.369 e. The van der Waals surface area contributed by atoms with Crippen LogP contribution in [0.5, 0.6) is 0 Å². The van der Waals surface area contributed by atoms with E-state index >= 15 is 0 Å². The second kappa shape index (κ2) is 7.93. The first kappa shape index (κ1) is 20.7. The topological polar surface area (TPSA) is 133 Å². The van der Waals surface area contributed by atoms with Crippen LogP contribution in [0, 0.1) is 5.92 Å². The molecule has 162 valence electrons. The molecule has 0 unspecified atom stereocenters. The lowest BCUT2D eigenvalue weighted by molar-refractivity contribution is -0.123. The summed E-state index contributed by atoms with van der Waals surface area (Å²) in [5, 5.41) is 4.06. The SMILES string of the molecule is CC(C)(C)c1noc(-c2ccnc(-n3cnc(C(=O)N4CCC(C(N)=O)CC4)c3)c2)n1. The molecule has 2 N–H and O–H groups in total. The lowest BCUT2D eigenvalue weighted by atomic mass is 9.96. The van der Waals surface area contributed by atoms with Crippen molar-refractivity contribution in [2.24, 2.45) is 11.7 Å². The van der Waals surface area contributed by atoms with Gasteiger partial charge in [-0.05, 0) is 25.0 Å². The summed E-state index contributed by atoms with van der Waals surface area (Å²) in [4.78, 5) is 38.9. The zero-order valence-electron chi connectivity index (χ0n) is 17.8. The molecule has 10 heteroatoms. The molecule has 4 rings (SSSR count). The highest BCUT2D eigenvalue weighted by Crippen LogP contribution is 2.24. The molecule has 2 amide bonds. The van der Waals surface area contributed by atoms with E-state index in [2.05, 4.69) is 20.1 Å². The molecular weight excluding hydrogens is 398 g/mol. The molecule has 1 aliphatic rings. The van der Waals surface area contributed by atoms with Crippen LogP contribution in [0.3, 0.4) is 0 Å². The van der Waals surface area contributed by atoms with Gasteiger partial charge in [0.15, 0.2) is 5.82 Å². The number of rotatable bonds is 4. The Kier molecular flexibility index (Phi) is 5.30. The number of carbonyl (C=O) groups is 2. The Bertz CT molecular complexity index is 1100. The minimum absolute atomic E-state index is 0.169. The van der Waals surface area contributed by atoms with Crippen molar-refractivity contribution in [2.45, 2.75) is 39.0 Å². The van der Waals surface area contributed by atoms with Crippen molar-refractivity contribution >= 4 is 11.8 Å². The lowest BCUT2D eigenvalue weighted by Crippen LogP contribution is -2.41. The molecule has 0 aliphatic carbocycles. The Balaban J connectivity index is 1.51. The molecule has 3 aromatic heterocycles. The highest BCUT2D eigenvalue weighted by molar-refractivity contribution is 5.92. The van der Waals surface area contributed by atoms with Crippen molar-refractivity contribution in [3.8, 4) is 17.3 Å². The quantitative estimate of drug-likeness (QED) is 0.678. The van der Waals surface area contributed by atoms with E-state index in [4.69, 9.17) is 10.3 Å². The molecule has 1 fully saturated rings. The summed E-state index contributed by atoms with van der Waals surface area (Å²) in [7, 11) is 0. The van der Waals surface area contributed by atoms with Crippen LogP contribution in [0.1, 0.15) is 49.9 Å². The Morgan fingerprint density at radius 3 is 2.58 bits per heavy atom. The van der Waals surface area contributed by atoms with E-state index < -0.39 is 0 Å². The molecule has 1 aliphatic heterocycles. The number of primary amides is 1. The van der Waals surface area contributed by atoms with Gasteiger partial charge < -0.3 is 15.2 Å².